The van der Waals surface area contributed by atoms with Gasteiger partial charge in [-0.15, -0.1) is 0 Å². The third-order valence-electron chi connectivity index (χ3n) is 3.40. The van der Waals surface area contributed by atoms with Crippen LogP contribution in [0.3, 0.4) is 0 Å². The molecular formula is C16H20F3N5. The molecule has 0 saturated carbocycles. The molecule has 0 saturated heterocycles. The van der Waals surface area contributed by atoms with Gasteiger partial charge < -0.3 is 16.0 Å². The van der Waals surface area contributed by atoms with E-state index in [-0.39, 0.29) is 11.6 Å². The Morgan fingerprint density at radius 1 is 1.25 bits per heavy atom. The van der Waals surface area contributed by atoms with Crippen molar-refractivity contribution in [3.63, 3.8) is 0 Å². The van der Waals surface area contributed by atoms with Gasteiger partial charge in [0.15, 0.2) is 0 Å². The van der Waals surface area contributed by atoms with Gasteiger partial charge in [-0.05, 0) is 51.7 Å². The van der Waals surface area contributed by atoms with E-state index in [4.69, 9.17) is 5.73 Å². The van der Waals surface area contributed by atoms with Crippen LogP contribution in [0.2, 0.25) is 0 Å². The van der Waals surface area contributed by atoms with E-state index in [2.05, 4.69) is 20.2 Å². The van der Waals surface area contributed by atoms with Crippen molar-refractivity contribution in [1.82, 2.24) is 14.9 Å². The van der Waals surface area contributed by atoms with Crippen LogP contribution in [0.25, 0.3) is 0 Å². The van der Waals surface area contributed by atoms with Crippen LogP contribution in [0.5, 0.6) is 0 Å². The maximum Gasteiger partial charge on any atom is 0.416 e. The number of nitrogens with zero attached hydrogens (tertiary/aromatic N) is 3. The first-order valence-corrected chi connectivity index (χ1v) is 7.46. The Morgan fingerprint density at radius 2 is 2.00 bits per heavy atom. The van der Waals surface area contributed by atoms with Crippen LogP contribution < -0.4 is 11.1 Å². The highest BCUT2D eigenvalue weighted by atomic mass is 19.4. The van der Waals surface area contributed by atoms with Gasteiger partial charge in [-0.25, -0.2) is 4.98 Å². The van der Waals surface area contributed by atoms with Gasteiger partial charge >= 0.3 is 6.18 Å². The summed E-state index contributed by atoms with van der Waals surface area (Å²) in [5, 5.41) is 2.75. The van der Waals surface area contributed by atoms with Gasteiger partial charge in [0.2, 0.25) is 5.95 Å². The number of hydrogen-bond acceptors (Lipinski definition) is 5. The Labute approximate surface area is 138 Å². The van der Waals surface area contributed by atoms with Gasteiger partial charge in [0, 0.05) is 17.4 Å². The molecule has 0 aliphatic carbocycles. The maximum absolute atomic E-state index is 12.7. The van der Waals surface area contributed by atoms with Gasteiger partial charge in [0.25, 0.3) is 0 Å². The number of halogens is 3. The number of alkyl halides is 3. The maximum atomic E-state index is 12.7. The number of benzene rings is 1. The molecule has 0 unspecified atom stereocenters. The number of nitrogens with one attached hydrogen (secondary N) is 1. The third kappa shape index (κ3) is 5.09. The minimum absolute atomic E-state index is 0.170. The molecule has 0 amide bonds. The van der Waals surface area contributed by atoms with E-state index in [1.165, 1.54) is 12.1 Å². The van der Waals surface area contributed by atoms with Crippen LogP contribution >= 0.6 is 0 Å². The van der Waals surface area contributed by atoms with E-state index in [0.29, 0.717) is 5.82 Å². The summed E-state index contributed by atoms with van der Waals surface area (Å²) >= 11 is 0. The second-order valence-corrected chi connectivity index (χ2v) is 5.71. The second-order valence-electron chi connectivity index (χ2n) is 5.71. The van der Waals surface area contributed by atoms with E-state index < -0.39 is 11.7 Å². The molecule has 2 aromatic rings. The molecule has 3 N–H and O–H groups in total. The third-order valence-corrected chi connectivity index (χ3v) is 3.40. The molecule has 0 atom stereocenters. The summed E-state index contributed by atoms with van der Waals surface area (Å²) in [5.41, 5.74) is 6.25. The summed E-state index contributed by atoms with van der Waals surface area (Å²) in [6.45, 7) is 0.920. The van der Waals surface area contributed by atoms with E-state index in [0.717, 1.165) is 37.1 Å². The lowest BCUT2D eigenvalue weighted by Gasteiger charge is -2.12. The predicted molar refractivity (Wildman–Crippen MR) is 88.0 cm³/mol. The average Bonchev–Trinajstić information content (AvgIpc) is 2.48. The van der Waals surface area contributed by atoms with Crippen LogP contribution in [0, 0.1) is 0 Å². The summed E-state index contributed by atoms with van der Waals surface area (Å²) in [5.74, 6) is 0.501. The number of anilines is 3. The lowest BCUT2D eigenvalue weighted by Crippen LogP contribution is -2.14. The number of nitrogen functional groups attached to an aromatic ring is 1. The smallest absolute Gasteiger partial charge is 0.383 e. The first-order chi connectivity index (χ1) is 11.3. The first kappa shape index (κ1) is 18.0. The van der Waals surface area contributed by atoms with Crippen LogP contribution in [0.4, 0.5) is 30.6 Å². The fraction of sp³-hybridized carbons (Fsp3) is 0.375. The van der Waals surface area contributed by atoms with Crippen LogP contribution in [-0.4, -0.2) is 35.5 Å². The summed E-state index contributed by atoms with van der Waals surface area (Å²) < 4.78 is 38.1. The van der Waals surface area contributed by atoms with Crippen molar-refractivity contribution in [2.75, 3.05) is 31.7 Å². The first-order valence-electron chi connectivity index (χ1n) is 7.46. The van der Waals surface area contributed by atoms with Gasteiger partial charge in [-0.2, -0.15) is 18.2 Å². The Hall–Kier alpha value is -2.35. The van der Waals surface area contributed by atoms with Gasteiger partial charge in [-0.3, -0.25) is 0 Å². The summed E-state index contributed by atoms with van der Waals surface area (Å²) in [6.07, 6.45) is -1.13. The van der Waals surface area contributed by atoms with Crippen LogP contribution in [0.15, 0.2) is 30.5 Å². The molecule has 0 radical (unpaired) electrons. The van der Waals surface area contributed by atoms with Gasteiger partial charge in [-0.1, -0.05) is 6.07 Å². The van der Waals surface area contributed by atoms with E-state index >= 15 is 0 Å². The molecule has 0 aliphatic rings. The zero-order valence-electron chi connectivity index (χ0n) is 13.6. The largest absolute Gasteiger partial charge is 0.416 e. The minimum atomic E-state index is -4.39. The van der Waals surface area contributed by atoms with Crippen molar-refractivity contribution >= 4 is 17.5 Å². The van der Waals surface area contributed by atoms with E-state index in [1.54, 1.807) is 6.20 Å². The standard InChI is InChI=1S/C16H20F3N5/c1-24(2)8-4-5-11-10-21-15(23-14(11)20)22-13-7-3-6-12(9-13)16(17,18)19/h3,6-7,9-10H,4-5,8H2,1-2H3,(H3,20,21,22,23). The Bertz CT molecular complexity index is 686. The zero-order chi connectivity index (χ0) is 17.7. The minimum Gasteiger partial charge on any atom is -0.383 e. The van der Waals surface area contributed by atoms with E-state index in [1.807, 2.05) is 14.1 Å². The SMILES string of the molecule is CN(C)CCCc1cnc(Nc2cccc(C(F)(F)F)c2)nc1N. The molecule has 5 nitrogen and oxygen atoms in total. The molecule has 8 heteroatoms. The zero-order valence-corrected chi connectivity index (χ0v) is 13.6. The molecular weight excluding hydrogens is 319 g/mol. The van der Waals surface area contributed by atoms with Crippen LogP contribution in [0.1, 0.15) is 17.5 Å². The monoisotopic (exact) mass is 339 g/mol. The summed E-state index contributed by atoms with van der Waals surface area (Å²) in [4.78, 5) is 10.3. The van der Waals surface area contributed by atoms with Crippen molar-refractivity contribution in [3.05, 3.63) is 41.6 Å². The topological polar surface area (TPSA) is 67.1 Å². The molecule has 0 spiro atoms. The predicted octanol–water partition coefficient (Wildman–Crippen LogP) is 3.32. The number of rotatable bonds is 6. The Balaban J connectivity index is 2.07. The second kappa shape index (κ2) is 7.48. The molecule has 1 aromatic heterocycles. The molecule has 2 rings (SSSR count). The molecule has 1 aromatic carbocycles. The lowest BCUT2D eigenvalue weighted by atomic mass is 10.1. The van der Waals surface area contributed by atoms with Gasteiger partial charge in [0.1, 0.15) is 5.82 Å². The molecule has 0 bridgehead atoms. The molecule has 0 fully saturated rings. The number of hydrogen-bond donors (Lipinski definition) is 2. The van der Waals surface area contributed by atoms with Gasteiger partial charge in [0.05, 0.1) is 5.56 Å². The van der Waals surface area contributed by atoms with Crippen molar-refractivity contribution in [2.24, 2.45) is 0 Å². The van der Waals surface area contributed by atoms with Crippen molar-refractivity contribution < 1.29 is 13.2 Å². The molecule has 1 heterocycles. The lowest BCUT2D eigenvalue weighted by molar-refractivity contribution is -0.137. The Kier molecular flexibility index (Phi) is 5.61. The number of aryl methyl sites for hydroxylation is 1. The van der Waals surface area contributed by atoms with Crippen molar-refractivity contribution in [2.45, 2.75) is 19.0 Å². The number of nitrogens with two attached hydrogens (primary N) is 1. The fourth-order valence-corrected chi connectivity index (χ4v) is 2.16. The molecule has 130 valence electrons. The van der Waals surface area contributed by atoms with E-state index in [9.17, 15) is 13.2 Å². The normalized spacial score (nSPS) is 11.8. The molecule has 24 heavy (non-hydrogen) atoms. The highest BCUT2D eigenvalue weighted by Crippen LogP contribution is 2.31. The van der Waals surface area contributed by atoms with Crippen molar-refractivity contribution in [1.29, 1.82) is 0 Å². The highest BCUT2D eigenvalue weighted by molar-refractivity contribution is 5.56. The average molecular weight is 339 g/mol. The quantitative estimate of drug-likeness (QED) is 0.845. The summed E-state index contributed by atoms with van der Waals surface area (Å²) in [7, 11) is 3.98. The molecule has 0 aliphatic heterocycles. The van der Waals surface area contributed by atoms with Crippen molar-refractivity contribution in [3.8, 4) is 0 Å². The number of aromatic nitrogens is 2. The Morgan fingerprint density at radius 3 is 2.62 bits per heavy atom. The summed E-state index contributed by atoms with van der Waals surface area (Å²) in [6, 6.07) is 4.85. The van der Waals surface area contributed by atoms with Crippen LogP contribution in [-0.2, 0) is 12.6 Å². The highest BCUT2D eigenvalue weighted by Gasteiger charge is 2.30. The fourth-order valence-electron chi connectivity index (χ4n) is 2.16.